The normalized spacial score (nSPS) is 22.3. The van der Waals surface area contributed by atoms with E-state index in [0.717, 1.165) is 16.7 Å². The zero-order valence-electron chi connectivity index (χ0n) is 15.3. The second kappa shape index (κ2) is 7.43. The molecule has 0 saturated carbocycles. The number of nitrogens with zero attached hydrogens (tertiary/aromatic N) is 1. The molecule has 25 heavy (non-hydrogen) atoms. The van der Waals surface area contributed by atoms with Crippen molar-refractivity contribution in [3.63, 3.8) is 0 Å². The van der Waals surface area contributed by atoms with Gasteiger partial charge in [-0.2, -0.15) is 0 Å². The summed E-state index contributed by atoms with van der Waals surface area (Å²) in [7, 11) is -3.03. The predicted octanol–water partition coefficient (Wildman–Crippen LogP) is 1.60. The SMILES string of the molecule is CC(=O)Oc1c(C)cc(CN(CCO)[C@@]2(C)CCS(=O)(=O)C2)cc1C. The third-order valence-electron chi connectivity index (χ3n) is 4.76. The molecule has 7 heteroatoms. The first-order valence-electron chi connectivity index (χ1n) is 8.41. The van der Waals surface area contributed by atoms with Gasteiger partial charge in [0.1, 0.15) is 5.75 Å². The van der Waals surface area contributed by atoms with Crippen LogP contribution in [0.15, 0.2) is 12.1 Å². The lowest BCUT2D eigenvalue weighted by molar-refractivity contribution is -0.131. The predicted molar refractivity (Wildman–Crippen MR) is 96.4 cm³/mol. The number of aliphatic hydroxyl groups excluding tert-OH is 1. The Bertz CT molecular complexity index is 736. The molecule has 1 atom stereocenters. The van der Waals surface area contributed by atoms with Crippen LogP contribution in [0.1, 0.15) is 37.0 Å². The number of rotatable bonds is 6. The topological polar surface area (TPSA) is 83.9 Å². The highest BCUT2D eigenvalue weighted by Gasteiger charge is 2.42. The van der Waals surface area contributed by atoms with Gasteiger partial charge in [0.25, 0.3) is 0 Å². The number of esters is 1. The summed E-state index contributed by atoms with van der Waals surface area (Å²) in [5.41, 5.74) is 2.25. The summed E-state index contributed by atoms with van der Waals surface area (Å²) in [6.45, 7) is 8.00. The average molecular weight is 369 g/mol. The summed E-state index contributed by atoms with van der Waals surface area (Å²) in [4.78, 5) is 13.3. The maximum absolute atomic E-state index is 11.9. The molecule has 1 heterocycles. The van der Waals surface area contributed by atoms with Gasteiger partial charge in [-0.3, -0.25) is 9.69 Å². The quantitative estimate of drug-likeness (QED) is 0.606. The van der Waals surface area contributed by atoms with E-state index in [1.165, 1.54) is 6.92 Å². The van der Waals surface area contributed by atoms with E-state index in [-0.39, 0.29) is 24.1 Å². The van der Waals surface area contributed by atoms with E-state index in [1.54, 1.807) is 0 Å². The van der Waals surface area contributed by atoms with Gasteiger partial charge in [-0.25, -0.2) is 8.42 Å². The molecule has 1 N–H and O–H groups in total. The third kappa shape index (κ3) is 4.80. The van der Waals surface area contributed by atoms with Crippen LogP contribution in [0, 0.1) is 13.8 Å². The van der Waals surface area contributed by atoms with E-state index < -0.39 is 15.4 Å². The van der Waals surface area contributed by atoms with Crippen LogP contribution in [0.4, 0.5) is 0 Å². The first-order chi connectivity index (χ1) is 11.6. The number of sulfone groups is 1. The molecule has 0 aromatic heterocycles. The van der Waals surface area contributed by atoms with Crippen molar-refractivity contribution >= 4 is 15.8 Å². The summed E-state index contributed by atoms with van der Waals surface area (Å²) in [6.07, 6.45) is 0.568. The highest BCUT2D eigenvalue weighted by atomic mass is 32.2. The van der Waals surface area contributed by atoms with Crippen molar-refractivity contribution in [2.75, 3.05) is 24.7 Å². The van der Waals surface area contributed by atoms with Crippen LogP contribution >= 0.6 is 0 Å². The molecular formula is C18H27NO5S. The van der Waals surface area contributed by atoms with Gasteiger partial charge < -0.3 is 9.84 Å². The molecular weight excluding hydrogens is 342 g/mol. The van der Waals surface area contributed by atoms with Crippen molar-refractivity contribution in [2.24, 2.45) is 0 Å². The Hall–Kier alpha value is -1.44. The molecule has 0 unspecified atom stereocenters. The van der Waals surface area contributed by atoms with Crippen molar-refractivity contribution in [1.29, 1.82) is 0 Å². The standard InChI is InChI=1S/C18H27NO5S/c1-13-9-16(10-14(2)17(13)24-15(3)21)11-19(6-7-20)18(4)5-8-25(22,23)12-18/h9-10,20H,5-8,11-12H2,1-4H3/t18-/m0/s1. The Morgan fingerprint density at radius 3 is 2.36 bits per heavy atom. The van der Waals surface area contributed by atoms with Crippen LogP contribution in [0.5, 0.6) is 5.75 Å². The molecule has 0 aliphatic carbocycles. The smallest absolute Gasteiger partial charge is 0.308 e. The van der Waals surface area contributed by atoms with Crippen LogP contribution in [0.25, 0.3) is 0 Å². The molecule has 0 spiro atoms. The van der Waals surface area contributed by atoms with Gasteiger partial charge in [0.15, 0.2) is 9.84 Å². The van der Waals surface area contributed by atoms with Crippen LogP contribution in [0.3, 0.4) is 0 Å². The molecule has 1 fully saturated rings. The lowest BCUT2D eigenvalue weighted by atomic mass is 9.97. The van der Waals surface area contributed by atoms with Crippen molar-refractivity contribution in [3.05, 3.63) is 28.8 Å². The number of ether oxygens (including phenoxy) is 1. The number of aryl methyl sites for hydroxylation is 2. The molecule has 1 saturated heterocycles. The Labute approximate surface area is 149 Å². The number of hydrogen-bond acceptors (Lipinski definition) is 6. The largest absolute Gasteiger partial charge is 0.426 e. The summed E-state index contributed by atoms with van der Waals surface area (Å²) >= 11 is 0. The first kappa shape index (κ1) is 19.9. The minimum Gasteiger partial charge on any atom is -0.426 e. The van der Waals surface area contributed by atoms with Crippen molar-refractivity contribution < 1.29 is 23.1 Å². The van der Waals surface area contributed by atoms with Gasteiger partial charge in [0.2, 0.25) is 0 Å². The molecule has 140 valence electrons. The molecule has 2 rings (SSSR count). The minimum atomic E-state index is -3.03. The van der Waals surface area contributed by atoms with E-state index in [1.807, 2.05) is 37.8 Å². The second-order valence-electron chi connectivity index (χ2n) is 7.14. The number of hydrogen-bond donors (Lipinski definition) is 1. The van der Waals surface area contributed by atoms with E-state index >= 15 is 0 Å². The van der Waals surface area contributed by atoms with Gasteiger partial charge >= 0.3 is 5.97 Å². The highest BCUT2D eigenvalue weighted by molar-refractivity contribution is 7.91. The van der Waals surface area contributed by atoms with Crippen LogP contribution < -0.4 is 4.74 Å². The Kier molecular flexibility index (Phi) is 5.91. The molecule has 0 bridgehead atoms. The maximum Gasteiger partial charge on any atom is 0.308 e. The third-order valence-corrected chi connectivity index (χ3v) is 6.64. The molecule has 0 radical (unpaired) electrons. The number of benzene rings is 1. The number of β-amino-alcohol motifs (C(OH)–C–C–N with tert-alkyl or cyclic N) is 1. The summed E-state index contributed by atoms with van der Waals surface area (Å²) in [5, 5.41) is 9.42. The highest BCUT2D eigenvalue weighted by Crippen LogP contribution is 2.32. The van der Waals surface area contributed by atoms with Crippen molar-refractivity contribution in [3.8, 4) is 5.75 Å². The number of carbonyl (C=O) groups excluding carboxylic acids is 1. The van der Waals surface area contributed by atoms with Gasteiger partial charge in [-0.15, -0.1) is 0 Å². The van der Waals surface area contributed by atoms with Gasteiger partial charge in [-0.1, -0.05) is 12.1 Å². The first-order valence-corrected chi connectivity index (χ1v) is 10.2. The fourth-order valence-corrected chi connectivity index (χ4v) is 5.73. The van der Waals surface area contributed by atoms with Gasteiger partial charge in [0, 0.05) is 25.6 Å². The molecule has 1 aromatic carbocycles. The van der Waals surface area contributed by atoms with E-state index in [0.29, 0.717) is 25.3 Å². The zero-order chi connectivity index (χ0) is 18.8. The monoisotopic (exact) mass is 369 g/mol. The molecule has 1 aromatic rings. The Morgan fingerprint density at radius 2 is 1.92 bits per heavy atom. The molecule has 6 nitrogen and oxygen atoms in total. The van der Waals surface area contributed by atoms with Crippen molar-refractivity contribution in [1.82, 2.24) is 4.90 Å². The van der Waals surface area contributed by atoms with E-state index in [4.69, 9.17) is 4.74 Å². The average Bonchev–Trinajstić information content (AvgIpc) is 2.77. The summed E-state index contributed by atoms with van der Waals surface area (Å²) in [6, 6.07) is 3.89. The lowest BCUT2D eigenvalue weighted by Crippen LogP contribution is -2.48. The number of carbonyl (C=O) groups is 1. The second-order valence-corrected chi connectivity index (χ2v) is 9.32. The summed E-state index contributed by atoms with van der Waals surface area (Å²) in [5.74, 6) is 0.516. The van der Waals surface area contributed by atoms with E-state index in [9.17, 15) is 18.3 Å². The minimum absolute atomic E-state index is 0.0286. The van der Waals surface area contributed by atoms with E-state index in [2.05, 4.69) is 0 Å². The van der Waals surface area contributed by atoms with Gasteiger partial charge in [-0.05, 0) is 43.9 Å². The zero-order valence-corrected chi connectivity index (χ0v) is 16.1. The van der Waals surface area contributed by atoms with Crippen molar-refractivity contribution in [2.45, 2.75) is 46.2 Å². The van der Waals surface area contributed by atoms with Gasteiger partial charge in [0.05, 0.1) is 18.1 Å². The van der Waals surface area contributed by atoms with Crippen LogP contribution in [0.2, 0.25) is 0 Å². The fourth-order valence-electron chi connectivity index (χ4n) is 3.56. The maximum atomic E-state index is 11.9. The van der Waals surface area contributed by atoms with Crippen LogP contribution in [-0.4, -0.2) is 54.6 Å². The Morgan fingerprint density at radius 1 is 1.32 bits per heavy atom. The molecule has 0 amide bonds. The lowest BCUT2D eigenvalue weighted by Gasteiger charge is -2.37. The molecule has 1 aliphatic heterocycles. The Balaban J connectivity index is 2.27. The number of aliphatic hydroxyl groups is 1. The molecule has 1 aliphatic rings. The summed E-state index contributed by atoms with van der Waals surface area (Å²) < 4.78 is 29.1. The fraction of sp³-hybridized carbons (Fsp3) is 0.611. The van der Waals surface area contributed by atoms with Crippen LogP contribution in [-0.2, 0) is 21.2 Å².